The highest BCUT2D eigenvalue weighted by Gasteiger charge is 2.32. The van der Waals surface area contributed by atoms with Crippen LogP contribution in [0.3, 0.4) is 0 Å². The van der Waals surface area contributed by atoms with E-state index in [1.807, 2.05) is 5.32 Å². The van der Waals surface area contributed by atoms with Crippen LogP contribution in [0.2, 0.25) is 0 Å². The lowest BCUT2D eigenvalue weighted by atomic mass is 10.0. The van der Waals surface area contributed by atoms with E-state index in [1.165, 1.54) is 6.92 Å². The Morgan fingerprint density at radius 3 is 1.53 bits per heavy atom. The average molecular weight is 676 g/mol. The molecular weight excluding hydrogens is 634 g/mol. The van der Waals surface area contributed by atoms with Gasteiger partial charge in [0.1, 0.15) is 30.2 Å². The molecule has 0 aromatic carbocycles. The molecule has 0 radical (unpaired) electrons. The summed E-state index contributed by atoms with van der Waals surface area (Å²) in [4.78, 5) is 120. The van der Waals surface area contributed by atoms with E-state index in [4.69, 9.17) is 15.9 Å². The summed E-state index contributed by atoms with van der Waals surface area (Å²) in [5.41, 5.74) is 5.38. The van der Waals surface area contributed by atoms with Gasteiger partial charge in [-0.25, -0.2) is 4.79 Å². The number of carbonyl (C=O) groups excluding carboxylic acids is 6. The van der Waals surface area contributed by atoms with Gasteiger partial charge in [0.2, 0.25) is 35.4 Å². The number of hydrogen-bond acceptors (Lipinski definition) is 11. The summed E-state index contributed by atoms with van der Waals surface area (Å²) in [6.45, 7) is 4.71. The third kappa shape index (κ3) is 16.5. The first-order valence-electron chi connectivity index (χ1n) is 14.1. The number of amides is 6. The zero-order chi connectivity index (χ0) is 36.6. The Labute approximate surface area is 267 Å². The quantitative estimate of drug-likeness (QED) is 0.0545. The number of nitrogens with one attached hydrogen (secondary N) is 6. The van der Waals surface area contributed by atoms with Gasteiger partial charge in [-0.2, -0.15) is 0 Å². The number of rotatable bonds is 21. The normalized spacial score (nSPS) is 14.5. The first-order valence-corrected chi connectivity index (χ1v) is 14.1. The van der Waals surface area contributed by atoms with Crippen molar-refractivity contribution in [3.8, 4) is 0 Å². The first kappa shape index (κ1) is 41.7. The molecule has 0 aromatic heterocycles. The van der Waals surface area contributed by atoms with Crippen molar-refractivity contribution in [2.24, 2.45) is 11.7 Å². The summed E-state index contributed by atoms with van der Waals surface area (Å²) < 4.78 is 0. The van der Waals surface area contributed by atoms with Crippen molar-refractivity contribution in [2.45, 2.75) is 89.6 Å². The van der Waals surface area contributed by atoms with Gasteiger partial charge in [-0.1, -0.05) is 13.8 Å². The van der Waals surface area contributed by atoms with Crippen molar-refractivity contribution in [3.63, 3.8) is 0 Å². The number of carboxylic acid groups (broad SMARTS) is 4. The lowest BCUT2D eigenvalue weighted by molar-refractivity contribution is -0.143. The van der Waals surface area contributed by atoms with Crippen LogP contribution in [0.5, 0.6) is 0 Å². The number of nitrogens with two attached hydrogens (primary N) is 1. The second-order valence-electron chi connectivity index (χ2n) is 10.7. The zero-order valence-electron chi connectivity index (χ0n) is 26.0. The van der Waals surface area contributed by atoms with E-state index in [2.05, 4.69) is 26.6 Å². The molecule has 0 aliphatic carbocycles. The van der Waals surface area contributed by atoms with Gasteiger partial charge >= 0.3 is 23.9 Å². The molecule has 0 aliphatic rings. The summed E-state index contributed by atoms with van der Waals surface area (Å²) in [6.07, 6.45) is -2.98. The molecule has 0 rings (SSSR count). The van der Waals surface area contributed by atoms with Gasteiger partial charge in [-0.15, -0.1) is 0 Å². The fourth-order valence-electron chi connectivity index (χ4n) is 3.59. The van der Waals surface area contributed by atoms with Crippen LogP contribution < -0.4 is 37.6 Å². The molecule has 0 fully saturated rings. The molecule has 6 atom stereocenters. The summed E-state index contributed by atoms with van der Waals surface area (Å²) in [5, 5.41) is 49.1. The number of carboxylic acids is 4. The maximum absolute atomic E-state index is 12.9. The molecule has 0 saturated carbocycles. The number of hydrogen-bond donors (Lipinski definition) is 11. The highest BCUT2D eigenvalue weighted by Crippen LogP contribution is 2.04. The van der Waals surface area contributed by atoms with Crippen LogP contribution in [0.1, 0.15) is 53.4 Å². The van der Waals surface area contributed by atoms with Gasteiger partial charge in [0, 0.05) is 6.42 Å². The highest BCUT2D eigenvalue weighted by molar-refractivity contribution is 5.97. The lowest BCUT2D eigenvalue weighted by Crippen LogP contribution is -2.58. The molecule has 0 aliphatic heterocycles. The maximum Gasteiger partial charge on any atom is 0.326 e. The molecule has 6 unspecified atom stereocenters. The van der Waals surface area contributed by atoms with Crippen molar-refractivity contribution >= 4 is 59.3 Å². The molecule has 264 valence electrons. The standard InChI is InChI=1S/C26H41N7O14/c1-10(2)20(26(46)47)33-22(42)12(4)29-21(41)11(3)30-25(45)15(8-19(39)40)32-24(44)14(5-6-17(35)36)31-16(34)9-28-23(43)13(27)7-18(37)38/h10-15,20H,5-9,27H2,1-4H3,(H,28,43)(H,29,41)(H,30,45)(H,31,34)(H,32,44)(H,33,42)(H,35,36)(H,37,38)(H,39,40)(H,46,47). The Morgan fingerprint density at radius 2 is 1.06 bits per heavy atom. The minimum absolute atomic E-state index is 0.480. The molecule has 6 amide bonds. The molecule has 47 heavy (non-hydrogen) atoms. The Bertz CT molecular complexity index is 1220. The van der Waals surface area contributed by atoms with Crippen molar-refractivity contribution in [3.05, 3.63) is 0 Å². The lowest BCUT2D eigenvalue weighted by Gasteiger charge is -2.24. The van der Waals surface area contributed by atoms with E-state index < -0.39 is 134 Å². The Kier molecular flexibility index (Phi) is 17.7. The molecule has 21 nitrogen and oxygen atoms in total. The van der Waals surface area contributed by atoms with Crippen LogP contribution >= 0.6 is 0 Å². The zero-order valence-corrected chi connectivity index (χ0v) is 26.0. The van der Waals surface area contributed by atoms with Gasteiger partial charge in [0.25, 0.3) is 0 Å². The second kappa shape index (κ2) is 19.9. The average Bonchev–Trinajstić information content (AvgIpc) is 2.94. The highest BCUT2D eigenvalue weighted by atomic mass is 16.4. The third-order valence-corrected chi connectivity index (χ3v) is 6.20. The first-order chi connectivity index (χ1) is 21.7. The smallest absolute Gasteiger partial charge is 0.326 e. The second-order valence-corrected chi connectivity index (χ2v) is 10.7. The number of aliphatic carboxylic acids is 4. The summed E-state index contributed by atoms with van der Waals surface area (Å²) in [7, 11) is 0. The predicted octanol–water partition coefficient (Wildman–Crippen LogP) is -4.55. The molecular formula is C26H41N7O14. The van der Waals surface area contributed by atoms with Crippen molar-refractivity contribution < 1.29 is 68.4 Å². The Morgan fingerprint density at radius 1 is 0.574 bits per heavy atom. The summed E-state index contributed by atoms with van der Waals surface area (Å²) in [5.74, 6) is -12.3. The van der Waals surface area contributed by atoms with E-state index in [0.717, 1.165) is 6.92 Å². The van der Waals surface area contributed by atoms with E-state index in [1.54, 1.807) is 13.8 Å². The van der Waals surface area contributed by atoms with Crippen LogP contribution in [-0.2, 0) is 47.9 Å². The Hall–Kier alpha value is -5.34. The SMILES string of the molecule is CC(NC(=O)C(C)NC(=O)C(CC(=O)O)NC(=O)C(CCC(=O)O)NC(=O)CNC(=O)C(N)CC(=O)O)C(=O)NC(C(=O)O)C(C)C. The minimum atomic E-state index is -1.85. The van der Waals surface area contributed by atoms with Crippen LogP contribution in [0.15, 0.2) is 0 Å². The van der Waals surface area contributed by atoms with Crippen LogP contribution in [0, 0.1) is 5.92 Å². The topological polar surface area (TPSA) is 350 Å². The molecule has 21 heteroatoms. The number of carbonyl (C=O) groups is 10. The van der Waals surface area contributed by atoms with E-state index in [0.29, 0.717) is 0 Å². The molecule has 0 heterocycles. The maximum atomic E-state index is 12.9. The van der Waals surface area contributed by atoms with Gasteiger partial charge in [-0.3, -0.25) is 43.2 Å². The van der Waals surface area contributed by atoms with Crippen molar-refractivity contribution in [1.29, 1.82) is 0 Å². The van der Waals surface area contributed by atoms with Crippen LogP contribution in [0.4, 0.5) is 0 Å². The molecule has 12 N–H and O–H groups in total. The van der Waals surface area contributed by atoms with Gasteiger partial charge in [-0.05, 0) is 26.2 Å². The summed E-state index contributed by atoms with van der Waals surface area (Å²) >= 11 is 0. The van der Waals surface area contributed by atoms with Crippen molar-refractivity contribution in [1.82, 2.24) is 31.9 Å². The van der Waals surface area contributed by atoms with E-state index in [9.17, 15) is 58.2 Å². The van der Waals surface area contributed by atoms with Crippen molar-refractivity contribution in [2.75, 3.05) is 6.54 Å². The van der Waals surface area contributed by atoms with Crippen LogP contribution in [-0.4, -0.2) is 123 Å². The van der Waals surface area contributed by atoms with Gasteiger partial charge < -0.3 is 58.1 Å². The van der Waals surface area contributed by atoms with Gasteiger partial charge in [0.05, 0.1) is 25.4 Å². The molecule has 0 saturated heterocycles. The van der Waals surface area contributed by atoms with E-state index in [-0.39, 0.29) is 0 Å². The van der Waals surface area contributed by atoms with Gasteiger partial charge in [0.15, 0.2) is 0 Å². The molecule has 0 spiro atoms. The molecule has 0 bridgehead atoms. The van der Waals surface area contributed by atoms with Crippen LogP contribution in [0.25, 0.3) is 0 Å². The molecule has 0 aromatic rings. The third-order valence-electron chi connectivity index (χ3n) is 6.20. The van der Waals surface area contributed by atoms with E-state index >= 15 is 0 Å². The summed E-state index contributed by atoms with van der Waals surface area (Å²) in [6, 6.07) is -8.92. The fourth-order valence-corrected chi connectivity index (χ4v) is 3.59. The predicted molar refractivity (Wildman–Crippen MR) is 156 cm³/mol. The fraction of sp³-hybridized carbons (Fsp3) is 0.615. The largest absolute Gasteiger partial charge is 0.481 e. The monoisotopic (exact) mass is 675 g/mol. The minimum Gasteiger partial charge on any atom is -0.481 e. The Balaban J connectivity index is 5.53.